The maximum atomic E-state index is 12.8. The van der Waals surface area contributed by atoms with Gasteiger partial charge in [0.1, 0.15) is 5.82 Å². The fourth-order valence-electron chi connectivity index (χ4n) is 3.28. The van der Waals surface area contributed by atoms with E-state index in [1.54, 1.807) is 28.9 Å². The fraction of sp³-hybridized carbons (Fsp3) is 0.200. The highest BCUT2D eigenvalue weighted by Crippen LogP contribution is 2.32. The Labute approximate surface area is 164 Å². The highest BCUT2D eigenvalue weighted by atomic mass is 35.5. The van der Waals surface area contributed by atoms with Crippen LogP contribution in [0.4, 0.5) is 5.82 Å². The molecule has 4 rings (SSSR count). The van der Waals surface area contributed by atoms with Gasteiger partial charge in [-0.25, -0.2) is 4.68 Å². The fourth-order valence-corrected chi connectivity index (χ4v) is 4.74. The number of aryl methyl sites for hydroxylation is 2. The van der Waals surface area contributed by atoms with Gasteiger partial charge >= 0.3 is 0 Å². The number of amides is 1. The van der Waals surface area contributed by atoms with Crippen molar-refractivity contribution in [1.82, 2.24) is 9.78 Å². The average Bonchev–Trinajstić information content (AvgIpc) is 3.12. The van der Waals surface area contributed by atoms with E-state index in [1.165, 1.54) is 0 Å². The third kappa shape index (κ3) is 3.42. The minimum Gasteiger partial charge on any atom is -0.306 e. The smallest absolute Gasteiger partial charge is 0.256 e. The zero-order chi connectivity index (χ0) is 19.1. The molecule has 0 spiro atoms. The number of halogens is 1. The Kier molecular flexibility index (Phi) is 4.61. The first-order valence-electron chi connectivity index (χ1n) is 8.52. The van der Waals surface area contributed by atoms with Gasteiger partial charge < -0.3 is 5.32 Å². The van der Waals surface area contributed by atoms with E-state index < -0.39 is 10.8 Å². The number of carbonyl (C=O) groups excluding carboxylic acids is 1. The van der Waals surface area contributed by atoms with Gasteiger partial charge in [0.2, 0.25) is 0 Å². The van der Waals surface area contributed by atoms with Crippen molar-refractivity contribution in [2.45, 2.75) is 25.4 Å². The van der Waals surface area contributed by atoms with Crippen molar-refractivity contribution in [2.75, 3.05) is 5.32 Å². The molecule has 1 aromatic heterocycles. The number of benzene rings is 2. The van der Waals surface area contributed by atoms with Crippen LogP contribution in [-0.2, 0) is 22.3 Å². The largest absolute Gasteiger partial charge is 0.306 e. The highest BCUT2D eigenvalue weighted by molar-refractivity contribution is 7.83. The number of carbonyl (C=O) groups is 1. The molecular formula is C20H18ClN3O2S. The Morgan fingerprint density at radius 2 is 2.00 bits per heavy atom. The lowest BCUT2D eigenvalue weighted by Crippen LogP contribution is -2.17. The predicted octanol–water partition coefficient (Wildman–Crippen LogP) is 4.16. The van der Waals surface area contributed by atoms with Crippen molar-refractivity contribution in [2.24, 2.45) is 0 Å². The predicted molar refractivity (Wildman–Crippen MR) is 108 cm³/mol. The number of nitrogens with one attached hydrogen (secondary N) is 1. The van der Waals surface area contributed by atoms with E-state index in [4.69, 9.17) is 11.6 Å². The Bertz CT molecular complexity index is 1090. The summed E-state index contributed by atoms with van der Waals surface area (Å²) < 4.78 is 13.8. The molecule has 0 saturated heterocycles. The molecule has 138 valence electrons. The maximum absolute atomic E-state index is 12.8. The third-order valence-corrected chi connectivity index (χ3v) is 6.01. The van der Waals surface area contributed by atoms with Crippen molar-refractivity contribution in [3.63, 3.8) is 0 Å². The number of rotatable bonds is 3. The second-order valence-electron chi connectivity index (χ2n) is 6.67. The summed E-state index contributed by atoms with van der Waals surface area (Å²) in [6.07, 6.45) is 0. The zero-order valence-corrected chi connectivity index (χ0v) is 16.5. The van der Waals surface area contributed by atoms with Crippen LogP contribution in [0.15, 0.2) is 42.5 Å². The summed E-state index contributed by atoms with van der Waals surface area (Å²) in [6, 6.07) is 12.8. The first-order valence-corrected chi connectivity index (χ1v) is 10.4. The number of nitrogens with zero attached hydrogens (tertiary/aromatic N) is 2. The van der Waals surface area contributed by atoms with E-state index in [9.17, 15) is 9.00 Å². The van der Waals surface area contributed by atoms with Crippen LogP contribution in [0.1, 0.15) is 32.7 Å². The summed E-state index contributed by atoms with van der Waals surface area (Å²) >= 11 is 6.01. The summed E-state index contributed by atoms with van der Waals surface area (Å²) in [7, 11) is -0.983. The van der Waals surface area contributed by atoms with Crippen LogP contribution in [-0.4, -0.2) is 19.9 Å². The van der Waals surface area contributed by atoms with Crippen molar-refractivity contribution in [1.29, 1.82) is 0 Å². The van der Waals surface area contributed by atoms with Gasteiger partial charge in [-0.05, 0) is 43.7 Å². The highest BCUT2D eigenvalue weighted by Gasteiger charge is 2.29. The second-order valence-corrected chi connectivity index (χ2v) is 8.56. The van der Waals surface area contributed by atoms with Crippen molar-refractivity contribution in [3.8, 4) is 5.69 Å². The van der Waals surface area contributed by atoms with Crippen LogP contribution < -0.4 is 5.32 Å². The molecule has 27 heavy (non-hydrogen) atoms. The van der Waals surface area contributed by atoms with E-state index in [1.807, 2.05) is 26.0 Å². The molecule has 1 N–H and O–H groups in total. The van der Waals surface area contributed by atoms with Gasteiger partial charge in [-0.3, -0.25) is 9.00 Å². The van der Waals surface area contributed by atoms with Gasteiger partial charge in [0.25, 0.3) is 5.91 Å². The molecule has 1 amide bonds. The van der Waals surface area contributed by atoms with E-state index >= 15 is 0 Å². The molecule has 7 heteroatoms. The molecule has 1 atom stereocenters. The van der Waals surface area contributed by atoms with Crippen molar-refractivity contribution < 1.29 is 9.00 Å². The Morgan fingerprint density at radius 3 is 2.74 bits per heavy atom. The molecular weight excluding hydrogens is 382 g/mol. The van der Waals surface area contributed by atoms with Crippen LogP contribution in [0.2, 0.25) is 5.02 Å². The Hall–Kier alpha value is -2.44. The van der Waals surface area contributed by atoms with Crippen LogP contribution in [0, 0.1) is 13.8 Å². The third-order valence-electron chi connectivity index (χ3n) is 4.57. The van der Waals surface area contributed by atoms with Gasteiger partial charge in [-0.15, -0.1) is 0 Å². The molecule has 0 saturated carbocycles. The molecule has 0 unspecified atom stereocenters. The first kappa shape index (κ1) is 17.9. The topological polar surface area (TPSA) is 64.0 Å². The van der Waals surface area contributed by atoms with Gasteiger partial charge in [0, 0.05) is 26.9 Å². The number of hydrogen-bond acceptors (Lipinski definition) is 3. The quantitative estimate of drug-likeness (QED) is 0.719. The summed E-state index contributed by atoms with van der Waals surface area (Å²) in [5.74, 6) is 1.11. The molecule has 3 aromatic rings. The Balaban J connectivity index is 1.79. The van der Waals surface area contributed by atoms with Crippen LogP contribution in [0.3, 0.4) is 0 Å². The van der Waals surface area contributed by atoms with Crippen LogP contribution >= 0.6 is 11.6 Å². The normalized spacial score (nSPS) is 15.6. The summed E-state index contributed by atoms with van der Waals surface area (Å²) in [4.78, 5) is 12.8. The van der Waals surface area contributed by atoms with E-state index in [2.05, 4.69) is 16.5 Å². The molecule has 0 radical (unpaired) electrons. The monoisotopic (exact) mass is 399 g/mol. The van der Waals surface area contributed by atoms with Crippen molar-refractivity contribution >= 4 is 34.1 Å². The molecule has 0 bridgehead atoms. The van der Waals surface area contributed by atoms with E-state index in [-0.39, 0.29) is 5.91 Å². The van der Waals surface area contributed by atoms with Crippen molar-refractivity contribution in [3.05, 3.63) is 75.4 Å². The molecule has 2 heterocycles. The van der Waals surface area contributed by atoms with Crippen LogP contribution in [0.5, 0.6) is 0 Å². The Morgan fingerprint density at radius 1 is 1.19 bits per heavy atom. The first-order chi connectivity index (χ1) is 12.9. The summed E-state index contributed by atoms with van der Waals surface area (Å²) in [5, 5.41) is 8.11. The lowest BCUT2D eigenvalue weighted by atomic mass is 10.1. The van der Waals surface area contributed by atoms with E-state index in [0.717, 1.165) is 28.1 Å². The minimum absolute atomic E-state index is 0.274. The lowest BCUT2D eigenvalue weighted by Gasteiger charge is -2.13. The lowest BCUT2D eigenvalue weighted by molar-refractivity contribution is 0.102. The zero-order valence-electron chi connectivity index (χ0n) is 15.0. The van der Waals surface area contributed by atoms with Gasteiger partial charge in [0.15, 0.2) is 0 Å². The number of aromatic nitrogens is 2. The van der Waals surface area contributed by atoms with E-state index in [0.29, 0.717) is 27.9 Å². The number of fused-ring (bicyclic) bond motifs is 1. The minimum atomic E-state index is -0.983. The molecule has 1 aliphatic heterocycles. The molecule has 0 aliphatic carbocycles. The number of hydrogen-bond donors (Lipinski definition) is 1. The summed E-state index contributed by atoms with van der Waals surface area (Å²) in [6.45, 7) is 4.04. The molecule has 1 aliphatic rings. The SMILES string of the molecule is Cc1ccc(-n2nc3c(c2NC(=O)c2cccc(Cl)c2)C[S@@](=O)C3)c(C)c1. The molecule has 2 aromatic carbocycles. The van der Waals surface area contributed by atoms with Gasteiger partial charge in [-0.1, -0.05) is 35.4 Å². The van der Waals surface area contributed by atoms with Gasteiger partial charge in [-0.2, -0.15) is 5.10 Å². The second kappa shape index (κ2) is 6.94. The molecule has 0 fully saturated rings. The van der Waals surface area contributed by atoms with Crippen LogP contribution in [0.25, 0.3) is 5.69 Å². The van der Waals surface area contributed by atoms with Gasteiger partial charge in [0.05, 0.1) is 22.9 Å². The summed E-state index contributed by atoms with van der Waals surface area (Å²) in [5.41, 5.74) is 5.17. The molecule has 5 nitrogen and oxygen atoms in total. The average molecular weight is 400 g/mol. The number of anilines is 1. The maximum Gasteiger partial charge on any atom is 0.256 e. The standard InChI is InChI=1S/C20H18ClN3O2S/c1-12-6-7-18(13(2)8-12)24-19(16-10-27(26)11-17(16)23-24)22-20(25)14-4-3-5-15(21)9-14/h3-9H,10-11H2,1-2H3,(H,22,25)/t27-/m1/s1.